The van der Waals surface area contributed by atoms with Gasteiger partial charge in [0.05, 0.1) is 12.5 Å². The van der Waals surface area contributed by atoms with E-state index in [-0.39, 0.29) is 11.7 Å². The summed E-state index contributed by atoms with van der Waals surface area (Å²) in [6, 6.07) is 0. The zero-order valence-corrected chi connectivity index (χ0v) is 12.0. The van der Waals surface area contributed by atoms with Gasteiger partial charge in [0.1, 0.15) is 0 Å². The molecule has 7 heteroatoms. The molecule has 0 heterocycles. The van der Waals surface area contributed by atoms with Gasteiger partial charge < -0.3 is 25.3 Å². The van der Waals surface area contributed by atoms with Crippen LogP contribution < -0.4 is 5.73 Å². The highest BCUT2D eigenvalue weighted by Gasteiger charge is 2.26. The Morgan fingerprint density at radius 3 is 2.42 bits per heavy atom. The number of amides is 1. The first-order valence-electron chi connectivity index (χ1n) is 6.36. The molecule has 0 saturated carbocycles. The SMILES string of the molecule is CCC(C(=O)N(CCCOC)CCOC)C(N)=NO. The van der Waals surface area contributed by atoms with Crippen LogP contribution in [0.15, 0.2) is 5.16 Å². The van der Waals surface area contributed by atoms with Crippen LogP contribution in [0.25, 0.3) is 0 Å². The molecule has 1 atom stereocenters. The van der Waals surface area contributed by atoms with E-state index >= 15 is 0 Å². The van der Waals surface area contributed by atoms with Gasteiger partial charge in [-0.2, -0.15) is 0 Å². The second kappa shape index (κ2) is 10.6. The second-order valence-electron chi connectivity index (χ2n) is 4.15. The maximum absolute atomic E-state index is 12.3. The van der Waals surface area contributed by atoms with Crippen LogP contribution in [-0.4, -0.2) is 62.4 Å². The molecule has 0 aromatic rings. The van der Waals surface area contributed by atoms with Crippen molar-refractivity contribution in [3.63, 3.8) is 0 Å². The molecule has 0 aliphatic carbocycles. The van der Waals surface area contributed by atoms with Crippen molar-refractivity contribution in [1.29, 1.82) is 0 Å². The summed E-state index contributed by atoms with van der Waals surface area (Å²) >= 11 is 0. The van der Waals surface area contributed by atoms with E-state index in [1.165, 1.54) is 0 Å². The highest BCUT2D eigenvalue weighted by molar-refractivity contribution is 6.02. The zero-order chi connectivity index (χ0) is 14.7. The van der Waals surface area contributed by atoms with Crippen LogP contribution >= 0.6 is 0 Å². The van der Waals surface area contributed by atoms with Crippen LogP contribution in [0.4, 0.5) is 0 Å². The largest absolute Gasteiger partial charge is 0.409 e. The molecule has 0 aliphatic heterocycles. The second-order valence-corrected chi connectivity index (χ2v) is 4.15. The minimum absolute atomic E-state index is 0.0540. The number of carbonyl (C=O) groups is 1. The molecule has 0 aromatic carbocycles. The van der Waals surface area contributed by atoms with Gasteiger partial charge in [0, 0.05) is 33.9 Å². The number of hydrogen-bond donors (Lipinski definition) is 2. The molecule has 7 nitrogen and oxygen atoms in total. The van der Waals surface area contributed by atoms with Crippen molar-refractivity contribution in [2.24, 2.45) is 16.8 Å². The van der Waals surface area contributed by atoms with Gasteiger partial charge in [-0.3, -0.25) is 4.79 Å². The third-order valence-corrected chi connectivity index (χ3v) is 2.83. The summed E-state index contributed by atoms with van der Waals surface area (Å²) in [7, 11) is 3.20. The molecule has 0 saturated heterocycles. The van der Waals surface area contributed by atoms with Crippen molar-refractivity contribution < 1.29 is 19.5 Å². The Bertz CT molecular complexity index is 284. The minimum atomic E-state index is -0.593. The fourth-order valence-electron chi connectivity index (χ4n) is 1.73. The Labute approximate surface area is 114 Å². The lowest BCUT2D eigenvalue weighted by molar-refractivity contribution is -0.134. The molecular formula is C12H25N3O4. The lowest BCUT2D eigenvalue weighted by Gasteiger charge is -2.26. The van der Waals surface area contributed by atoms with E-state index in [1.807, 2.05) is 6.92 Å². The first kappa shape index (κ1) is 17.7. The van der Waals surface area contributed by atoms with Gasteiger partial charge >= 0.3 is 0 Å². The fraction of sp³-hybridized carbons (Fsp3) is 0.833. The Kier molecular flexibility index (Phi) is 9.82. The Morgan fingerprint density at radius 1 is 1.32 bits per heavy atom. The van der Waals surface area contributed by atoms with Crippen LogP contribution in [0.2, 0.25) is 0 Å². The van der Waals surface area contributed by atoms with Gasteiger partial charge in [-0.15, -0.1) is 0 Å². The third-order valence-electron chi connectivity index (χ3n) is 2.83. The number of nitrogens with zero attached hydrogens (tertiary/aromatic N) is 2. The van der Waals surface area contributed by atoms with Crippen LogP contribution in [0.5, 0.6) is 0 Å². The molecule has 0 aliphatic rings. The molecular weight excluding hydrogens is 250 g/mol. The predicted molar refractivity (Wildman–Crippen MR) is 72.1 cm³/mol. The first-order valence-corrected chi connectivity index (χ1v) is 6.36. The van der Waals surface area contributed by atoms with Gasteiger partial charge in [0.15, 0.2) is 5.84 Å². The molecule has 0 spiro atoms. The highest BCUT2D eigenvalue weighted by atomic mass is 16.5. The van der Waals surface area contributed by atoms with Crippen LogP contribution in [0.1, 0.15) is 19.8 Å². The van der Waals surface area contributed by atoms with Gasteiger partial charge in [-0.25, -0.2) is 0 Å². The standard InChI is InChI=1S/C12H25N3O4/c1-4-10(11(13)14-17)12(16)15(7-9-19-3)6-5-8-18-2/h10,17H,4-9H2,1-3H3,(H2,13,14). The molecule has 0 fully saturated rings. The smallest absolute Gasteiger partial charge is 0.233 e. The summed E-state index contributed by atoms with van der Waals surface area (Å²) in [5, 5.41) is 11.6. The van der Waals surface area contributed by atoms with Gasteiger partial charge in [0.25, 0.3) is 0 Å². The van der Waals surface area contributed by atoms with E-state index in [0.29, 0.717) is 32.7 Å². The first-order chi connectivity index (χ1) is 9.12. The van der Waals surface area contributed by atoms with Crippen LogP contribution in [0, 0.1) is 5.92 Å². The number of carbonyl (C=O) groups excluding carboxylic acids is 1. The quantitative estimate of drug-likeness (QED) is 0.196. The molecule has 19 heavy (non-hydrogen) atoms. The number of methoxy groups -OCH3 is 2. The number of hydrogen-bond acceptors (Lipinski definition) is 5. The van der Waals surface area contributed by atoms with Crippen LogP contribution in [0.3, 0.4) is 0 Å². The number of nitrogens with two attached hydrogens (primary N) is 1. The maximum atomic E-state index is 12.3. The molecule has 3 N–H and O–H groups in total. The predicted octanol–water partition coefficient (Wildman–Crippen LogP) is 0.271. The van der Waals surface area contributed by atoms with Crippen molar-refractivity contribution in [1.82, 2.24) is 4.90 Å². The molecule has 1 unspecified atom stereocenters. The highest BCUT2D eigenvalue weighted by Crippen LogP contribution is 2.09. The summed E-state index contributed by atoms with van der Waals surface area (Å²) in [6.07, 6.45) is 1.22. The van der Waals surface area contributed by atoms with E-state index in [1.54, 1.807) is 19.1 Å². The van der Waals surface area contributed by atoms with Gasteiger partial charge in [-0.05, 0) is 12.8 Å². The normalized spacial score (nSPS) is 13.3. The van der Waals surface area contributed by atoms with Crippen molar-refractivity contribution in [2.75, 3.05) is 40.5 Å². The molecule has 112 valence electrons. The minimum Gasteiger partial charge on any atom is -0.409 e. The fourth-order valence-corrected chi connectivity index (χ4v) is 1.73. The summed E-state index contributed by atoms with van der Waals surface area (Å²) < 4.78 is 9.97. The van der Waals surface area contributed by atoms with E-state index in [0.717, 1.165) is 6.42 Å². The zero-order valence-electron chi connectivity index (χ0n) is 12.0. The van der Waals surface area contributed by atoms with E-state index in [2.05, 4.69) is 5.16 Å². The third kappa shape index (κ3) is 6.40. The summed E-state index contributed by atoms with van der Waals surface area (Å²) in [6.45, 7) is 3.90. The van der Waals surface area contributed by atoms with Crippen LogP contribution in [-0.2, 0) is 14.3 Å². The Morgan fingerprint density at radius 2 is 1.95 bits per heavy atom. The number of rotatable bonds is 10. The van der Waals surface area contributed by atoms with Crippen molar-refractivity contribution in [3.8, 4) is 0 Å². The van der Waals surface area contributed by atoms with E-state index < -0.39 is 5.92 Å². The van der Waals surface area contributed by atoms with Crippen molar-refractivity contribution in [2.45, 2.75) is 19.8 Å². The van der Waals surface area contributed by atoms with E-state index in [4.69, 9.17) is 20.4 Å². The summed E-state index contributed by atoms with van der Waals surface area (Å²) in [5.41, 5.74) is 5.55. The van der Waals surface area contributed by atoms with Gasteiger partial charge in [-0.1, -0.05) is 12.1 Å². The molecule has 0 radical (unpaired) electrons. The molecule has 0 rings (SSSR count). The summed E-state index contributed by atoms with van der Waals surface area (Å²) in [5.74, 6) is -0.794. The van der Waals surface area contributed by atoms with Crippen molar-refractivity contribution >= 4 is 11.7 Å². The van der Waals surface area contributed by atoms with Crippen molar-refractivity contribution in [3.05, 3.63) is 0 Å². The molecule has 0 aromatic heterocycles. The van der Waals surface area contributed by atoms with Gasteiger partial charge in [0.2, 0.25) is 5.91 Å². The summed E-state index contributed by atoms with van der Waals surface area (Å²) in [4.78, 5) is 14.0. The average molecular weight is 275 g/mol. The lowest BCUT2D eigenvalue weighted by atomic mass is 10.0. The Balaban J connectivity index is 4.65. The number of amidine groups is 1. The lowest BCUT2D eigenvalue weighted by Crippen LogP contribution is -2.43. The van der Waals surface area contributed by atoms with E-state index in [9.17, 15) is 4.79 Å². The Hall–Kier alpha value is -1.34. The monoisotopic (exact) mass is 275 g/mol. The average Bonchev–Trinajstić information content (AvgIpc) is 2.42. The number of ether oxygens (including phenoxy) is 2. The molecule has 0 bridgehead atoms. The maximum Gasteiger partial charge on any atom is 0.233 e. The molecule has 1 amide bonds. The topological polar surface area (TPSA) is 97.4 Å². The number of oxime groups is 1.